The van der Waals surface area contributed by atoms with Gasteiger partial charge in [-0.15, -0.1) is 0 Å². The maximum atomic E-state index is 12.3. The van der Waals surface area contributed by atoms with Crippen LogP contribution in [0, 0.1) is 5.92 Å². The summed E-state index contributed by atoms with van der Waals surface area (Å²) in [5.41, 5.74) is 0. The molecule has 0 aromatic carbocycles. The number of aliphatic hydroxyl groups is 1. The topological polar surface area (TPSA) is 79.2 Å². The Morgan fingerprint density at radius 1 is 1.29 bits per heavy atom. The molecule has 0 spiro atoms. The number of amides is 1. The summed E-state index contributed by atoms with van der Waals surface area (Å²) in [5, 5.41) is 16.9. The molecule has 6 heteroatoms. The predicted octanol–water partition coefficient (Wildman–Crippen LogP) is 0.453. The van der Waals surface area contributed by atoms with Gasteiger partial charge in [-0.2, -0.15) is 0 Å². The van der Waals surface area contributed by atoms with Crippen LogP contribution in [-0.2, 0) is 4.79 Å². The average molecular weight is 292 g/mol. The van der Waals surface area contributed by atoms with E-state index in [9.17, 15) is 9.90 Å². The van der Waals surface area contributed by atoms with Crippen molar-refractivity contribution >= 4 is 5.91 Å². The Bertz CT molecular complexity index is 456. The van der Waals surface area contributed by atoms with Crippen molar-refractivity contribution in [3.05, 3.63) is 18.7 Å². The minimum Gasteiger partial charge on any atom is -0.389 e. The fourth-order valence-corrected chi connectivity index (χ4v) is 3.49. The summed E-state index contributed by atoms with van der Waals surface area (Å²) in [6.45, 7) is 1.81. The SMILES string of the molecule is O=C(N[C@@H]1CCC[C@@H](n2ccnc2)[C@@H]1O)C1CCNCC1. The second-order valence-corrected chi connectivity index (χ2v) is 6.14. The highest BCUT2D eigenvalue weighted by Crippen LogP contribution is 2.29. The first kappa shape index (κ1) is 14.5. The minimum atomic E-state index is -0.543. The zero-order valence-electron chi connectivity index (χ0n) is 12.2. The Morgan fingerprint density at radius 3 is 2.81 bits per heavy atom. The Balaban J connectivity index is 1.60. The van der Waals surface area contributed by atoms with Gasteiger partial charge in [0.1, 0.15) is 0 Å². The summed E-state index contributed by atoms with van der Waals surface area (Å²) in [5.74, 6) is 0.193. The van der Waals surface area contributed by atoms with Crippen molar-refractivity contribution in [3.63, 3.8) is 0 Å². The predicted molar refractivity (Wildman–Crippen MR) is 78.6 cm³/mol. The Hall–Kier alpha value is -1.40. The normalized spacial score (nSPS) is 31.0. The fraction of sp³-hybridized carbons (Fsp3) is 0.733. The molecule has 2 aliphatic rings. The molecule has 1 aliphatic heterocycles. The number of imidazole rings is 1. The van der Waals surface area contributed by atoms with Gasteiger partial charge in [-0.25, -0.2) is 4.98 Å². The first-order valence-electron chi connectivity index (χ1n) is 7.92. The third kappa shape index (κ3) is 3.27. The van der Waals surface area contributed by atoms with Crippen LogP contribution in [-0.4, -0.2) is 45.8 Å². The maximum absolute atomic E-state index is 12.3. The Kier molecular flexibility index (Phi) is 4.55. The molecule has 21 heavy (non-hydrogen) atoms. The van der Waals surface area contributed by atoms with E-state index in [0.29, 0.717) is 0 Å². The minimum absolute atomic E-state index is 0.0135. The van der Waals surface area contributed by atoms with Crippen LogP contribution in [0.25, 0.3) is 0 Å². The van der Waals surface area contributed by atoms with Crippen LogP contribution in [0.5, 0.6) is 0 Å². The van der Waals surface area contributed by atoms with Crippen molar-refractivity contribution in [2.45, 2.75) is 50.3 Å². The average Bonchev–Trinajstić information content (AvgIpc) is 3.04. The summed E-state index contributed by atoms with van der Waals surface area (Å²) in [7, 11) is 0. The zero-order valence-corrected chi connectivity index (χ0v) is 12.2. The molecule has 1 aromatic heterocycles. The lowest BCUT2D eigenvalue weighted by Gasteiger charge is -2.36. The third-order valence-electron chi connectivity index (χ3n) is 4.77. The summed E-state index contributed by atoms with van der Waals surface area (Å²) in [4.78, 5) is 16.4. The van der Waals surface area contributed by atoms with Crippen molar-refractivity contribution in [1.82, 2.24) is 20.2 Å². The second-order valence-electron chi connectivity index (χ2n) is 6.14. The molecule has 3 N–H and O–H groups in total. The lowest BCUT2D eigenvalue weighted by atomic mass is 9.87. The molecule has 2 fully saturated rings. The highest BCUT2D eigenvalue weighted by molar-refractivity contribution is 5.79. The van der Waals surface area contributed by atoms with Crippen molar-refractivity contribution in [2.75, 3.05) is 13.1 Å². The molecule has 3 rings (SSSR count). The van der Waals surface area contributed by atoms with E-state index in [0.717, 1.165) is 45.2 Å². The Labute approximate surface area is 124 Å². The molecule has 2 heterocycles. The van der Waals surface area contributed by atoms with Crippen LogP contribution < -0.4 is 10.6 Å². The van der Waals surface area contributed by atoms with Gasteiger partial charge in [-0.05, 0) is 45.2 Å². The van der Waals surface area contributed by atoms with Crippen LogP contribution in [0.3, 0.4) is 0 Å². The zero-order chi connectivity index (χ0) is 14.7. The summed E-state index contributed by atoms with van der Waals surface area (Å²) < 4.78 is 1.95. The van der Waals surface area contributed by atoms with Crippen LogP contribution in [0.2, 0.25) is 0 Å². The van der Waals surface area contributed by atoms with E-state index in [1.165, 1.54) is 0 Å². The molecule has 0 bridgehead atoms. The highest BCUT2D eigenvalue weighted by atomic mass is 16.3. The van der Waals surface area contributed by atoms with Crippen LogP contribution in [0.15, 0.2) is 18.7 Å². The van der Waals surface area contributed by atoms with E-state index >= 15 is 0 Å². The summed E-state index contributed by atoms with van der Waals surface area (Å²) >= 11 is 0. The smallest absolute Gasteiger partial charge is 0.223 e. The van der Waals surface area contributed by atoms with Gasteiger partial charge in [0, 0.05) is 18.3 Å². The van der Waals surface area contributed by atoms with Gasteiger partial charge in [-0.3, -0.25) is 4.79 Å². The number of nitrogens with zero attached hydrogens (tertiary/aromatic N) is 2. The highest BCUT2D eigenvalue weighted by Gasteiger charge is 2.34. The summed E-state index contributed by atoms with van der Waals surface area (Å²) in [6, 6.07) is -0.131. The molecule has 1 aromatic rings. The van der Waals surface area contributed by atoms with Crippen LogP contribution >= 0.6 is 0 Å². The fourth-order valence-electron chi connectivity index (χ4n) is 3.49. The molecule has 1 saturated heterocycles. The lowest BCUT2D eigenvalue weighted by molar-refractivity contribution is -0.128. The van der Waals surface area contributed by atoms with Gasteiger partial charge >= 0.3 is 0 Å². The van der Waals surface area contributed by atoms with Crippen molar-refractivity contribution in [1.29, 1.82) is 0 Å². The summed E-state index contributed by atoms with van der Waals surface area (Å²) in [6.07, 6.45) is 9.37. The number of carbonyl (C=O) groups excluding carboxylic acids is 1. The van der Waals surface area contributed by atoms with Crippen LogP contribution in [0.4, 0.5) is 0 Å². The number of aromatic nitrogens is 2. The number of hydrogen-bond acceptors (Lipinski definition) is 4. The molecular weight excluding hydrogens is 268 g/mol. The molecule has 1 amide bonds. The number of aliphatic hydroxyl groups excluding tert-OH is 1. The number of piperidine rings is 1. The number of carbonyl (C=O) groups is 1. The number of rotatable bonds is 3. The molecule has 0 radical (unpaired) electrons. The first-order chi connectivity index (χ1) is 10.3. The van der Waals surface area contributed by atoms with E-state index in [1.54, 1.807) is 12.5 Å². The molecule has 1 saturated carbocycles. The number of nitrogens with one attached hydrogen (secondary N) is 2. The van der Waals surface area contributed by atoms with E-state index in [2.05, 4.69) is 15.6 Å². The van der Waals surface area contributed by atoms with E-state index < -0.39 is 6.10 Å². The van der Waals surface area contributed by atoms with Gasteiger partial charge in [0.2, 0.25) is 5.91 Å². The molecular formula is C15H24N4O2. The van der Waals surface area contributed by atoms with E-state index in [1.807, 2.05) is 10.8 Å². The first-order valence-corrected chi connectivity index (χ1v) is 7.92. The lowest BCUT2D eigenvalue weighted by Crippen LogP contribution is -2.51. The van der Waals surface area contributed by atoms with Gasteiger partial charge in [0.25, 0.3) is 0 Å². The molecule has 3 atom stereocenters. The van der Waals surface area contributed by atoms with Gasteiger partial charge in [0.15, 0.2) is 0 Å². The standard InChI is InChI=1S/C15H24N4O2/c20-14-12(18-15(21)11-4-6-16-7-5-11)2-1-3-13(14)19-9-8-17-10-19/h8-14,16,20H,1-7H2,(H,18,21)/t12-,13-,14-/m1/s1. The van der Waals surface area contributed by atoms with Gasteiger partial charge in [-0.1, -0.05) is 0 Å². The van der Waals surface area contributed by atoms with Gasteiger partial charge in [0.05, 0.1) is 24.5 Å². The van der Waals surface area contributed by atoms with Crippen molar-refractivity contribution in [3.8, 4) is 0 Å². The molecule has 1 aliphatic carbocycles. The van der Waals surface area contributed by atoms with E-state index in [-0.39, 0.29) is 23.9 Å². The maximum Gasteiger partial charge on any atom is 0.223 e. The quantitative estimate of drug-likeness (QED) is 0.756. The third-order valence-corrected chi connectivity index (χ3v) is 4.77. The molecule has 6 nitrogen and oxygen atoms in total. The second kappa shape index (κ2) is 6.58. The molecule has 116 valence electrons. The molecule has 0 unspecified atom stereocenters. The van der Waals surface area contributed by atoms with Gasteiger partial charge < -0.3 is 20.3 Å². The largest absolute Gasteiger partial charge is 0.389 e. The Morgan fingerprint density at radius 2 is 2.10 bits per heavy atom. The van der Waals surface area contributed by atoms with E-state index in [4.69, 9.17) is 0 Å². The van der Waals surface area contributed by atoms with Crippen molar-refractivity contribution < 1.29 is 9.90 Å². The number of hydrogen-bond donors (Lipinski definition) is 3. The monoisotopic (exact) mass is 292 g/mol. The van der Waals surface area contributed by atoms with Crippen LogP contribution in [0.1, 0.15) is 38.1 Å². The van der Waals surface area contributed by atoms with Crippen molar-refractivity contribution in [2.24, 2.45) is 5.92 Å².